The van der Waals surface area contributed by atoms with Gasteiger partial charge in [0.15, 0.2) is 5.65 Å². The van der Waals surface area contributed by atoms with Gasteiger partial charge in [0.25, 0.3) is 0 Å². The van der Waals surface area contributed by atoms with Crippen LogP contribution in [0.2, 0.25) is 0 Å². The highest BCUT2D eigenvalue weighted by atomic mass is 15.4. The van der Waals surface area contributed by atoms with E-state index in [9.17, 15) is 0 Å². The monoisotopic (exact) mass is 285 g/mol. The summed E-state index contributed by atoms with van der Waals surface area (Å²) in [5.74, 6) is 1.90. The molecule has 0 aliphatic rings. The maximum Gasteiger partial charge on any atom is 0.247 e. The second kappa shape index (κ2) is 5.16. The van der Waals surface area contributed by atoms with E-state index in [-0.39, 0.29) is 5.92 Å². The van der Waals surface area contributed by atoms with Crippen molar-refractivity contribution in [1.82, 2.24) is 29.8 Å². The van der Waals surface area contributed by atoms with Crippen LogP contribution in [0.5, 0.6) is 0 Å². The molecule has 0 saturated heterocycles. The number of anilines is 2. The Morgan fingerprint density at radius 1 is 1.19 bits per heavy atom. The molecular formula is C14H19N7. The molecule has 21 heavy (non-hydrogen) atoms. The molecule has 0 aromatic carbocycles. The van der Waals surface area contributed by atoms with Gasteiger partial charge in [-0.15, -0.1) is 5.10 Å². The number of H-pyrrole nitrogens is 1. The number of aromatic amines is 1. The average molecular weight is 285 g/mol. The second-order valence-electron chi connectivity index (χ2n) is 5.64. The highest BCUT2D eigenvalue weighted by Gasteiger charge is 2.17. The summed E-state index contributed by atoms with van der Waals surface area (Å²) in [6, 6.07) is 1.83. The van der Waals surface area contributed by atoms with Crippen LogP contribution in [0.4, 0.5) is 11.8 Å². The van der Waals surface area contributed by atoms with Crippen LogP contribution in [0.15, 0.2) is 18.5 Å². The lowest BCUT2D eigenvalue weighted by Gasteiger charge is -2.11. The first kappa shape index (κ1) is 13.5. The zero-order valence-electron chi connectivity index (χ0n) is 12.6. The van der Waals surface area contributed by atoms with Crippen molar-refractivity contribution in [3.8, 4) is 0 Å². The van der Waals surface area contributed by atoms with Crippen LogP contribution in [0, 0.1) is 0 Å². The topological polar surface area (TPSA) is 83.8 Å². The molecule has 0 saturated carbocycles. The largest absolute Gasteiger partial charge is 0.308 e. The van der Waals surface area contributed by atoms with Crippen LogP contribution in [0.25, 0.3) is 5.65 Å². The summed E-state index contributed by atoms with van der Waals surface area (Å²) >= 11 is 0. The number of rotatable bonds is 4. The molecule has 3 rings (SSSR count). The van der Waals surface area contributed by atoms with Gasteiger partial charge in [0.05, 0.1) is 23.8 Å². The van der Waals surface area contributed by atoms with Crippen LogP contribution >= 0.6 is 0 Å². The van der Waals surface area contributed by atoms with Crippen molar-refractivity contribution in [1.29, 1.82) is 0 Å². The molecule has 0 fully saturated rings. The van der Waals surface area contributed by atoms with Gasteiger partial charge in [-0.2, -0.15) is 5.10 Å². The molecule has 0 bridgehead atoms. The van der Waals surface area contributed by atoms with E-state index < -0.39 is 0 Å². The molecule has 7 heteroatoms. The quantitative estimate of drug-likeness (QED) is 0.770. The van der Waals surface area contributed by atoms with Gasteiger partial charge in [-0.05, 0) is 11.8 Å². The van der Waals surface area contributed by atoms with Gasteiger partial charge in [0.1, 0.15) is 5.82 Å². The Morgan fingerprint density at radius 2 is 2.00 bits per heavy atom. The van der Waals surface area contributed by atoms with Crippen molar-refractivity contribution < 1.29 is 0 Å². The number of imidazole rings is 1. The minimum absolute atomic E-state index is 0.264. The van der Waals surface area contributed by atoms with Crippen LogP contribution < -0.4 is 5.32 Å². The van der Waals surface area contributed by atoms with E-state index in [1.54, 1.807) is 6.20 Å². The smallest absolute Gasteiger partial charge is 0.247 e. The molecule has 110 valence electrons. The fourth-order valence-corrected chi connectivity index (χ4v) is 2.20. The third kappa shape index (κ3) is 2.46. The summed E-state index contributed by atoms with van der Waals surface area (Å²) < 4.78 is 1.88. The molecule has 2 N–H and O–H groups in total. The standard InChI is InChI=1S/C14H19N7/c1-8(2)10-7-15-13-12(9(3)4)18-14(20-21(10)13)17-11-5-6-16-19-11/h5-9H,1-4H3,(H2,16,17,19,20). The normalized spacial score (nSPS) is 11.7. The Morgan fingerprint density at radius 3 is 2.62 bits per heavy atom. The van der Waals surface area contributed by atoms with Crippen molar-refractivity contribution in [2.45, 2.75) is 39.5 Å². The molecule has 3 aromatic rings. The zero-order valence-corrected chi connectivity index (χ0v) is 12.6. The highest BCUT2D eigenvalue weighted by molar-refractivity contribution is 5.52. The molecule has 0 radical (unpaired) electrons. The van der Waals surface area contributed by atoms with Crippen molar-refractivity contribution in [2.75, 3.05) is 5.32 Å². The number of hydrogen-bond donors (Lipinski definition) is 2. The Labute approximate surface area is 122 Å². The maximum atomic E-state index is 4.59. The lowest BCUT2D eigenvalue weighted by molar-refractivity contribution is 0.732. The number of fused-ring (bicyclic) bond motifs is 1. The van der Waals surface area contributed by atoms with Gasteiger partial charge < -0.3 is 5.32 Å². The van der Waals surface area contributed by atoms with Crippen molar-refractivity contribution in [3.63, 3.8) is 0 Å². The number of hydrogen-bond acceptors (Lipinski definition) is 5. The van der Waals surface area contributed by atoms with Crippen molar-refractivity contribution in [3.05, 3.63) is 29.8 Å². The minimum atomic E-state index is 0.264. The summed E-state index contributed by atoms with van der Waals surface area (Å²) in [6.07, 6.45) is 3.56. The Hall–Kier alpha value is -2.44. The van der Waals surface area contributed by atoms with Crippen LogP contribution in [-0.4, -0.2) is 29.8 Å². The number of nitrogens with zero attached hydrogens (tertiary/aromatic N) is 5. The summed E-state index contributed by atoms with van der Waals surface area (Å²) in [6.45, 7) is 8.46. The Bertz CT molecular complexity index is 740. The van der Waals surface area contributed by atoms with Crippen molar-refractivity contribution >= 4 is 17.4 Å². The summed E-state index contributed by atoms with van der Waals surface area (Å²) in [5, 5.41) is 14.5. The molecule has 0 unspecified atom stereocenters. The SMILES string of the molecule is CC(C)c1nc(Nc2ccn[nH]2)nn2c(C(C)C)cnc12. The molecular weight excluding hydrogens is 266 g/mol. The predicted molar refractivity (Wildman–Crippen MR) is 80.8 cm³/mol. The third-order valence-corrected chi connectivity index (χ3v) is 3.30. The molecule has 0 amide bonds. The maximum absolute atomic E-state index is 4.59. The zero-order chi connectivity index (χ0) is 15.0. The molecule has 3 heterocycles. The van der Waals surface area contributed by atoms with Crippen LogP contribution in [-0.2, 0) is 0 Å². The molecule has 3 aromatic heterocycles. The molecule has 0 aliphatic heterocycles. The first-order chi connectivity index (χ1) is 10.1. The number of aromatic nitrogens is 6. The van der Waals surface area contributed by atoms with E-state index in [1.807, 2.05) is 16.8 Å². The first-order valence-corrected chi connectivity index (χ1v) is 7.08. The van der Waals surface area contributed by atoms with E-state index in [1.165, 1.54) is 0 Å². The summed E-state index contributed by atoms with van der Waals surface area (Å²) in [5.41, 5.74) is 2.82. The molecule has 0 spiro atoms. The van der Waals surface area contributed by atoms with E-state index >= 15 is 0 Å². The van der Waals surface area contributed by atoms with E-state index in [0.717, 1.165) is 22.9 Å². The van der Waals surface area contributed by atoms with Gasteiger partial charge in [0.2, 0.25) is 5.95 Å². The van der Waals surface area contributed by atoms with Gasteiger partial charge in [-0.25, -0.2) is 14.5 Å². The highest BCUT2D eigenvalue weighted by Crippen LogP contribution is 2.23. The summed E-state index contributed by atoms with van der Waals surface area (Å²) in [7, 11) is 0. The summed E-state index contributed by atoms with van der Waals surface area (Å²) in [4.78, 5) is 9.08. The van der Waals surface area contributed by atoms with Gasteiger partial charge in [0, 0.05) is 6.07 Å². The fourth-order valence-electron chi connectivity index (χ4n) is 2.20. The third-order valence-electron chi connectivity index (χ3n) is 3.30. The van der Waals surface area contributed by atoms with Crippen molar-refractivity contribution in [2.24, 2.45) is 0 Å². The predicted octanol–water partition coefficient (Wildman–Crippen LogP) is 2.84. The first-order valence-electron chi connectivity index (χ1n) is 7.08. The average Bonchev–Trinajstić information content (AvgIpc) is 3.06. The molecule has 7 nitrogen and oxygen atoms in total. The minimum Gasteiger partial charge on any atom is -0.308 e. The Balaban J connectivity index is 2.14. The van der Waals surface area contributed by atoms with Gasteiger partial charge >= 0.3 is 0 Å². The van der Waals surface area contributed by atoms with E-state index in [0.29, 0.717) is 11.9 Å². The fraction of sp³-hybridized carbons (Fsp3) is 0.429. The lowest BCUT2D eigenvalue weighted by Crippen LogP contribution is -2.10. The Kier molecular flexibility index (Phi) is 3.32. The second-order valence-corrected chi connectivity index (χ2v) is 5.64. The van der Waals surface area contributed by atoms with E-state index in [2.05, 4.69) is 58.3 Å². The van der Waals surface area contributed by atoms with Crippen LogP contribution in [0.1, 0.15) is 50.9 Å². The molecule has 0 atom stereocenters. The number of nitrogens with one attached hydrogen (secondary N) is 2. The van der Waals surface area contributed by atoms with E-state index in [4.69, 9.17) is 0 Å². The van der Waals surface area contributed by atoms with Gasteiger partial charge in [-0.1, -0.05) is 27.7 Å². The van der Waals surface area contributed by atoms with Crippen LogP contribution in [0.3, 0.4) is 0 Å². The molecule has 0 aliphatic carbocycles. The van der Waals surface area contributed by atoms with Gasteiger partial charge in [-0.3, -0.25) is 5.10 Å². The lowest BCUT2D eigenvalue weighted by atomic mass is 10.1.